The molecule has 0 amide bonds. The van der Waals surface area contributed by atoms with Crippen molar-refractivity contribution in [3.63, 3.8) is 0 Å². The van der Waals surface area contributed by atoms with Gasteiger partial charge in [0.25, 0.3) is 0 Å². The predicted octanol–water partition coefficient (Wildman–Crippen LogP) is 2.21. The summed E-state index contributed by atoms with van der Waals surface area (Å²) >= 11 is 3.35. The second kappa shape index (κ2) is 5.09. The SMILES string of the molecule is CCOC(=O)c1cncn1-c1cc(Br)ccn1. The molecule has 0 saturated heterocycles. The summed E-state index contributed by atoms with van der Waals surface area (Å²) in [4.78, 5) is 19.8. The van der Waals surface area contributed by atoms with E-state index in [2.05, 4.69) is 25.9 Å². The van der Waals surface area contributed by atoms with Gasteiger partial charge < -0.3 is 4.74 Å². The number of rotatable bonds is 3. The first-order valence-electron chi connectivity index (χ1n) is 5.03. The maximum absolute atomic E-state index is 11.7. The molecule has 17 heavy (non-hydrogen) atoms. The zero-order valence-electron chi connectivity index (χ0n) is 9.13. The summed E-state index contributed by atoms with van der Waals surface area (Å²) in [6.45, 7) is 2.09. The first kappa shape index (κ1) is 11.8. The van der Waals surface area contributed by atoms with E-state index in [4.69, 9.17) is 4.74 Å². The quantitative estimate of drug-likeness (QED) is 0.815. The lowest BCUT2D eigenvalue weighted by atomic mass is 10.4. The molecule has 0 aliphatic carbocycles. The minimum atomic E-state index is -0.410. The standard InChI is InChI=1S/C11H10BrN3O2/c1-2-17-11(16)9-6-13-7-15(9)10-5-8(12)3-4-14-10/h3-7H,2H2,1H3. The van der Waals surface area contributed by atoms with Crippen LogP contribution in [0, 0.1) is 0 Å². The van der Waals surface area contributed by atoms with Gasteiger partial charge in [0, 0.05) is 10.7 Å². The fraction of sp³-hybridized carbons (Fsp3) is 0.182. The van der Waals surface area contributed by atoms with Crippen LogP contribution in [0.1, 0.15) is 17.4 Å². The summed E-state index contributed by atoms with van der Waals surface area (Å²) < 4.78 is 7.41. The van der Waals surface area contributed by atoms with Gasteiger partial charge >= 0.3 is 5.97 Å². The van der Waals surface area contributed by atoms with E-state index >= 15 is 0 Å². The van der Waals surface area contributed by atoms with Crippen molar-refractivity contribution in [2.75, 3.05) is 6.61 Å². The monoisotopic (exact) mass is 295 g/mol. The van der Waals surface area contributed by atoms with E-state index in [1.54, 1.807) is 23.8 Å². The highest BCUT2D eigenvalue weighted by Gasteiger charge is 2.14. The maximum atomic E-state index is 11.7. The molecule has 0 radical (unpaired) electrons. The number of nitrogens with zero attached hydrogens (tertiary/aromatic N) is 3. The highest BCUT2D eigenvalue weighted by Crippen LogP contribution is 2.15. The summed E-state index contributed by atoms with van der Waals surface area (Å²) in [5, 5.41) is 0. The number of hydrogen-bond donors (Lipinski definition) is 0. The van der Waals surface area contributed by atoms with Crippen molar-refractivity contribution >= 4 is 21.9 Å². The Morgan fingerprint density at radius 3 is 3.12 bits per heavy atom. The van der Waals surface area contributed by atoms with E-state index in [-0.39, 0.29) is 0 Å². The van der Waals surface area contributed by atoms with Crippen molar-refractivity contribution in [2.45, 2.75) is 6.92 Å². The van der Waals surface area contributed by atoms with Crippen molar-refractivity contribution < 1.29 is 9.53 Å². The number of carbonyl (C=O) groups excluding carboxylic acids is 1. The van der Waals surface area contributed by atoms with Crippen LogP contribution in [0.2, 0.25) is 0 Å². The van der Waals surface area contributed by atoms with Gasteiger partial charge in [0.1, 0.15) is 12.1 Å². The lowest BCUT2D eigenvalue weighted by Crippen LogP contribution is -2.11. The Hall–Kier alpha value is -1.69. The Morgan fingerprint density at radius 1 is 1.59 bits per heavy atom. The van der Waals surface area contributed by atoms with Gasteiger partial charge in [-0.1, -0.05) is 15.9 Å². The number of ether oxygens (including phenoxy) is 1. The molecule has 88 valence electrons. The van der Waals surface area contributed by atoms with E-state index < -0.39 is 5.97 Å². The zero-order valence-corrected chi connectivity index (χ0v) is 10.7. The molecule has 2 aromatic heterocycles. The molecule has 2 rings (SSSR count). The molecule has 2 aromatic rings. The molecule has 0 fully saturated rings. The molecule has 6 heteroatoms. The van der Waals surface area contributed by atoms with Gasteiger partial charge in [-0.15, -0.1) is 0 Å². The topological polar surface area (TPSA) is 57.0 Å². The number of hydrogen-bond acceptors (Lipinski definition) is 4. The predicted molar refractivity (Wildman–Crippen MR) is 65.0 cm³/mol. The molecule has 0 N–H and O–H groups in total. The van der Waals surface area contributed by atoms with Gasteiger partial charge in [0.05, 0.1) is 12.8 Å². The average molecular weight is 296 g/mol. The van der Waals surface area contributed by atoms with Crippen molar-refractivity contribution in [3.8, 4) is 5.82 Å². The molecule has 0 aromatic carbocycles. The third-order valence-corrected chi connectivity index (χ3v) is 2.57. The first-order chi connectivity index (χ1) is 8.22. The summed E-state index contributed by atoms with van der Waals surface area (Å²) in [7, 11) is 0. The van der Waals surface area contributed by atoms with E-state index in [0.29, 0.717) is 18.1 Å². The average Bonchev–Trinajstić information content (AvgIpc) is 2.78. The molecule has 0 saturated carbocycles. The smallest absolute Gasteiger partial charge is 0.357 e. The number of aromatic nitrogens is 3. The number of halogens is 1. The van der Waals surface area contributed by atoms with E-state index in [1.165, 1.54) is 12.5 Å². The normalized spacial score (nSPS) is 10.2. The van der Waals surface area contributed by atoms with Crippen LogP contribution < -0.4 is 0 Å². The summed E-state index contributed by atoms with van der Waals surface area (Å²) in [6.07, 6.45) is 4.63. The molecule has 2 heterocycles. The van der Waals surface area contributed by atoms with Crippen molar-refractivity contribution in [3.05, 3.63) is 41.0 Å². The van der Waals surface area contributed by atoms with Gasteiger partial charge in [0.2, 0.25) is 0 Å². The summed E-state index contributed by atoms with van der Waals surface area (Å²) in [5.74, 6) is 0.201. The number of pyridine rings is 1. The van der Waals surface area contributed by atoms with Gasteiger partial charge in [0.15, 0.2) is 5.69 Å². The first-order valence-corrected chi connectivity index (χ1v) is 5.83. The molecule has 0 unspecified atom stereocenters. The third kappa shape index (κ3) is 2.52. The number of imidazole rings is 1. The fourth-order valence-corrected chi connectivity index (χ4v) is 1.68. The molecular formula is C11H10BrN3O2. The van der Waals surface area contributed by atoms with Crippen LogP contribution in [0.3, 0.4) is 0 Å². The Kier molecular flexibility index (Phi) is 3.53. The lowest BCUT2D eigenvalue weighted by molar-refractivity contribution is 0.0517. The van der Waals surface area contributed by atoms with Gasteiger partial charge in [-0.3, -0.25) is 4.57 Å². The van der Waals surface area contributed by atoms with Crippen LogP contribution >= 0.6 is 15.9 Å². The van der Waals surface area contributed by atoms with E-state index in [0.717, 1.165) is 4.47 Å². The molecule has 0 aliphatic heterocycles. The van der Waals surface area contributed by atoms with Crippen LogP contribution in [0.15, 0.2) is 35.3 Å². The Balaban J connectivity index is 2.40. The third-order valence-electron chi connectivity index (χ3n) is 2.08. The van der Waals surface area contributed by atoms with Gasteiger partial charge in [-0.05, 0) is 19.1 Å². The van der Waals surface area contributed by atoms with Gasteiger partial charge in [-0.25, -0.2) is 14.8 Å². The van der Waals surface area contributed by atoms with Crippen LogP contribution in [0.4, 0.5) is 0 Å². The zero-order chi connectivity index (χ0) is 12.3. The Morgan fingerprint density at radius 2 is 2.41 bits per heavy atom. The molecule has 5 nitrogen and oxygen atoms in total. The van der Waals surface area contributed by atoms with Crippen molar-refractivity contribution in [1.82, 2.24) is 14.5 Å². The molecule has 0 aliphatic rings. The fourth-order valence-electron chi connectivity index (χ4n) is 1.36. The highest BCUT2D eigenvalue weighted by atomic mass is 79.9. The minimum Gasteiger partial charge on any atom is -0.461 e. The van der Waals surface area contributed by atoms with E-state index in [9.17, 15) is 4.79 Å². The van der Waals surface area contributed by atoms with E-state index in [1.807, 2.05) is 6.07 Å². The van der Waals surface area contributed by atoms with Crippen molar-refractivity contribution in [1.29, 1.82) is 0 Å². The largest absolute Gasteiger partial charge is 0.461 e. The minimum absolute atomic E-state index is 0.329. The number of carbonyl (C=O) groups is 1. The van der Waals surface area contributed by atoms with Crippen LogP contribution in [0.5, 0.6) is 0 Å². The Bertz CT molecular complexity index is 539. The highest BCUT2D eigenvalue weighted by molar-refractivity contribution is 9.10. The summed E-state index contributed by atoms with van der Waals surface area (Å²) in [6, 6.07) is 3.61. The van der Waals surface area contributed by atoms with Crippen molar-refractivity contribution in [2.24, 2.45) is 0 Å². The van der Waals surface area contributed by atoms with Gasteiger partial charge in [-0.2, -0.15) is 0 Å². The summed E-state index contributed by atoms with van der Waals surface area (Å²) in [5.41, 5.74) is 0.359. The second-order valence-electron chi connectivity index (χ2n) is 3.20. The molecule has 0 atom stereocenters. The lowest BCUT2D eigenvalue weighted by Gasteiger charge is -2.06. The molecular weight excluding hydrogens is 286 g/mol. The molecule has 0 bridgehead atoms. The maximum Gasteiger partial charge on any atom is 0.357 e. The second-order valence-corrected chi connectivity index (χ2v) is 4.12. The van der Waals surface area contributed by atoms with Crippen LogP contribution in [-0.4, -0.2) is 27.1 Å². The van der Waals surface area contributed by atoms with Crippen LogP contribution in [0.25, 0.3) is 5.82 Å². The Labute approximate surface area is 107 Å². The number of esters is 1. The van der Waals surface area contributed by atoms with Crippen LogP contribution in [-0.2, 0) is 4.74 Å². The molecule has 0 spiro atoms.